The van der Waals surface area contributed by atoms with Gasteiger partial charge in [-0.3, -0.25) is 4.99 Å². The first-order valence-corrected chi connectivity index (χ1v) is 7.86. The van der Waals surface area contributed by atoms with Gasteiger partial charge >= 0.3 is 0 Å². The molecule has 3 nitrogen and oxygen atoms in total. The molecule has 3 heteroatoms. The molecule has 1 fully saturated rings. The molecule has 0 aromatic heterocycles. The number of rotatable bonds is 3. The summed E-state index contributed by atoms with van der Waals surface area (Å²) in [5.41, 5.74) is 10.7. The molecule has 1 saturated carbocycles. The number of allylic oxidation sites excluding steroid dienone is 1. The van der Waals surface area contributed by atoms with Crippen LogP contribution in [0.4, 0.5) is 5.69 Å². The van der Waals surface area contributed by atoms with Crippen LogP contribution in [-0.4, -0.2) is 26.4 Å². The van der Waals surface area contributed by atoms with Crippen LogP contribution in [0.2, 0.25) is 0 Å². The van der Waals surface area contributed by atoms with E-state index in [-0.39, 0.29) is 0 Å². The Kier molecular flexibility index (Phi) is 3.75. The Morgan fingerprint density at radius 1 is 1.38 bits per heavy atom. The third-order valence-electron chi connectivity index (χ3n) is 4.92. The van der Waals surface area contributed by atoms with Crippen molar-refractivity contribution < 1.29 is 0 Å². The summed E-state index contributed by atoms with van der Waals surface area (Å²) < 4.78 is 0. The molecule has 1 aliphatic heterocycles. The fraction of sp³-hybridized carbons (Fsp3) is 0.500. The molecule has 21 heavy (non-hydrogen) atoms. The van der Waals surface area contributed by atoms with Gasteiger partial charge in [-0.1, -0.05) is 13.0 Å². The average Bonchev–Trinajstić information content (AvgIpc) is 3.29. The van der Waals surface area contributed by atoms with Crippen molar-refractivity contribution in [3.8, 4) is 0 Å². The number of anilines is 1. The Morgan fingerprint density at radius 3 is 2.76 bits per heavy atom. The summed E-state index contributed by atoms with van der Waals surface area (Å²) >= 11 is 0. The minimum atomic E-state index is 0.713. The molecule has 2 atom stereocenters. The van der Waals surface area contributed by atoms with Gasteiger partial charge in [0.1, 0.15) is 0 Å². The molecule has 2 N–H and O–H groups in total. The van der Waals surface area contributed by atoms with Gasteiger partial charge in [0.25, 0.3) is 0 Å². The molecule has 0 radical (unpaired) electrons. The summed E-state index contributed by atoms with van der Waals surface area (Å²) in [6.07, 6.45) is 7.43. The maximum absolute atomic E-state index is 5.73. The van der Waals surface area contributed by atoms with Crippen molar-refractivity contribution in [1.29, 1.82) is 0 Å². The lowest BCUT2D eigenvalue weighted by Crippen LogP contribution is -2.43. The van der Waals surface area contributed by atoms with Crippen LogP contribution in [0, 0.1) is 11.8 Å². The molecule has 2 aliphatic rings. The topological polar surface area (TPSA) is 41.6 Å². The molecular weight excluding hydrogens is 258 g/mol. The zero-order valence-electron chi connectivity index (χ0n) is 13.2. The van der Waals surface area contributed by atoms with Crippen molar-refractivity contribution in [2.45, 2.75) is 32.2 Å². The second kappa shape index (κ2) is 5.55. The van der Waals surface area contributed by atoms with Crippen LogP contribution in [0.25, 0.3) is 5.57 Å². The Balaban J connectivity index is 1.95. The molecule has 1 heterocycles. The van der Waals surface area contributed by atoms with Gasteiger partial charge in [0.2, 0.25) is 0 Å². The average molecular weight is 283 g/mol. The Bertz CT molecular complexity index is 584. The highest BCUT2D eigenvalue weighted by atomic mass is 15.2. The zero-order valence-corrected chi connectivity index (χ0v) is 13.2. The van der Waals surface area contributed by atoms with Crippen molar-refractivity contribution >= 4 is 17.5 Å². The van der Waals surface area contributed by atoms with Crippen molar-refractivity contribution in [2.75, 3.05) is 19.0 Å². The number of aliphatic imine (C=N–C) groups is 1. The fourth-order valence-electron chi connectivity index (χ4n) is 3.85. The maximum atomic E-state index is 5.73. The second-order valence-corrected chi connectivity index (χ2v) is 6.47. The fourth-order valence-corrected chi connectivity index (χ4v) is 3.85. The van der Waals surface area contributed by atoms with Gasteiger partial charge in [0.05, 0.1) is 0 Å². The largest absolute Gasteiger partial charge is 0.404 e. The van der Waals surface area contributed by atoms with Crippen LogP contribution in [0.3, 0.4) is 0 Å². The zero-order chi connectivity index (χ0) is 15.0. The Morgan fingerprint density at radius 2 is 2.14 bits per heavy atom. The van der Waals surface area contributed by atoms with Crippen LogP contribution < -0.4 is 10.6 Å². The molecule has 0 bridgehead atoms. The number of hydrogen-bond acceptors (Lipinski definition) is 3. The van der Waals surface area contributed by atoms with Crippen molar-refractivity contribution in [3.63, 3.8) is 0 Å². The summed E-state index contributed by atoms with van der Waals surface area (Å²) in [5, 5.41) is 0. The highest BCUT2D eigenvalue weighted by molar-refractivity contribution is 6.09. The van der Waals surface area contributed by atoms with Gasteiger partial charge in [-0.15, -0.1) is 0 Å². The van der Waals surface area contributed by atoms with E-state index >= 15 is 0 Å². The Hall–Kier alpha value is -1.77. The third kappa shape index (κ3) is 2.57. The van der Waals surface area contributed by atoms with Gasteiger partial charge in [0, 0.05) is 43.8 Å². The number of nitrogens with two attached hydrogens (primary N) is 1. The number of hydrogen-bond donors (Lipinski definition) is 1. The molecule has 0 spiro atoms. The van der Waals surface area contributed by atoms with Crippen LogP contribution in [0.15, 0.2) is 29.4 Å². The summed E-state index contributed by atoms with van der Waals surface area (Å²) in [6, 6.07) is 7.41. The quantitative estimate of drug-likeness (QED) is 0.866. The molecule has 1 unspecified atom stereocenters. The van der Waals surface area contributed by atoms with E-state index in [1.807, 2.05) is 6.21 Å². The lowest BCUT2D eigenvalue weighted by atomic mass is 9.84. The van der Waals surface area contributed by atoms with Crippen molar-refractivity contribution in [2.24, 2.45) is 22.6 Å². The van der Waals surface area contributed by atoms with E-state index in [4.69, 9.17) is 5.73 Å². The van der Waals surface area contributed by atoms with Gasteiger partial charge in [-0.25, -0.2) is 0 Å². The second-order valence-electron chi connectivity index (χ2n) is 6.47. The van der Waals surface area contributed by atoms with E-state index in [2.05, 4.69) is 42.1 Å². The standard InChI is InChI=1S/C18H25N3/c1-12-8-15-9-14(16(10-19)11-20-2)6-7-17(15)21(3)18(12)13-4-5-13/h6-7,9-13,18H,4-5,8,19H2,1-3H3/t12?,18-/m1/s1. The molecular formula is C18H25N3. The lowest BCUT2D eigenvalue weighted by molar-refractivity contribution is 0.381. The highest BCUT2D eigenvalue weighted by Crippen LogP contribution is 2.44. The van der Waals surface area contributed by atoms with Crippen LogP contribution in [0.5, 0.6) is 0 Å². The summed E-state index contributed by atoms with van der Waals surface area (Å²) in [4.78, 5) is 6.59. The first-order chi connectivity index (χ1) is 10.2. The molecule has 112 valence electrons. The third-order valence-corrected chi connectivity index (χ3v) is 4.92. The maximum Gasteiger partial charge on any atom is 0.0399 e. The van der Waals surface area contributed by atoms with E-state index < -0.39 is 0 Å². The number of benzene rings is 1. The Labute approximate surface area is 127 Å². The minimum Gasteiger partial charge on any atom is -0.404 e. The lowest BCUT2D eigenvalue weighted by Gasteiger charge is -2.41. The molecule has 3 rings (SSSR count). The predicted octanol–water partition coefficient (Wildman–Crippen LogP) is 3.09. The van der Waals surface area contributed by atoms with Gasteiger partial charge < -0.3 is 10.6 Å². The first-order valence-electron chi connectivity index (χ1n) is 7.86. The van der Waals surface area contributed by atoms with E-state index in [1.165, 1.54) is 24.1 Å². The highest BCUT2D eigenvalue weighted by Gasteiger charge is 2.40. The predicted molar refractivity (Wildman–Crippen MR) is 90.8 cm³/mol. The smallest absolute Gasteiger partial charge is 0.0399 e. The normalized spacial score (nSPS) is 26.2. The molecule has 1 aromatic carbocycles. The molecule has 0 amide bonds. The first kappa shape index (κ1) is 14.2. The molecule has 1 aliphatic carbocycles. The minimum absolute atomic E-state index is 0.713. The summed E-state index contributed by atoms with van der Waals surface area (Å²) in [7, 11) is 4.03. The van der Waals surface area contributed by atoms with E-state index in [0.29, 0.717) is 6.04 Å². The van der Waals surface area contributed by atoms with Gasteiger partial charge in [-0.2, -0.15) is 0 Å². The van der Waals surface area contributed by atoms with Gasteiger partial charge in [-0.05, 0) is 54.4 Å². The van der Waals surface area contributed by atoms with E-state index in [0.717, 1.165) is 29.4 Å². The summed E-state index contributed by atoms with van der Waals surface area (Å²) in [5.74, 6) is 1.62. The van der Waals surface area contributed by atoms with Crippen LogP contribution >= 0.6 is 0 Å². The number of nitrogens with zero attached hydrogens (tertiary/aromatic N) is 2. The van der Waals surface area contributed by atoms with Crippen LogP contribution in [0.1, 0.15) is 30.9 Å². The van der Waals surface area contributed by atoms with Crippen molar-refractivity contribution in [3.05, 3.63) is 35.5 Å². The van der Waals surface area contributed by atoms with E-state index in [1.54, 1.807) is 13.2 Å². The molecule has 1 aromatic rings. The van der Waals surface area contributed by atoms with E-state index in [9.17, 15) is 0 Å². The monoisotopic (exact) mass is 283 g/mol. The van der Waals surface area contributed by atoms with Crippen molar-refractivity contribution in [1.82, 2.24) is 0 Å². The summed E-state index contributed by atoms with van der Waals surface area (Å²) in [6.45, 7) is 2.39. The van der Waals surface area contributed by atoms with Crippen LogP contribution in [-0.2, 0) is 6.42 Å². The SMILES string of the molecule is CN=CC(=CN)c1ccc2c(c1)CC(C)[C@H](C1CC1)N2C. The van der Waals surface area contributed by atoms with Gasteiger partial charge in [0.15, 0.2) is 0 Å². The molecule has 0 saturated heterocycles. The number of fused-ring (bicyclic) bond motifs is 1.